The van der Waals surface area contributed by atoms with Crippen LogP contribution in [-0.4, -0.2) is 15.8 Å². The first-order chi connectivity index (χ1) is 50.9. The molecule has 0 bridgehead atoms. The molecule has 0 amide bonds. The minimum absolute atomic E-state index is 0.0125. The van der Waals surface area contributed by atoms with Crippen molar-refractivity contribution < 1.29 is 8.83 Å². The van der Waals surface area contributed by atoms with E-state index >= 15 is 0 Å². The van der Waals surface area contributed by atoms with Gasteiger partial charge >= 0.3 is 0 Å². The number of furan rings is 2. The third-order valence-corrected chi connectivity index (χ3v) is 24.4. The average molecular weight is 1430 g/mol. The first kappa shape index (κ1) is 67.2. The summed E-state index contributed by atoms with van der Waals surface area (Å²) in [5.41, 5.74) is 34.4. The molecule has 4 aliphatic rings. The van der Waals surface area contributed by atoms with Crippen LogP contribution in [0.1, 0.15) is 155 Å². The highest BCUT2D eigenvalue weighted by Crippen LogP contribution is 2.58. The molecule has 0 saturated carbocycles. The maximum absolute atomic E-state index is 7.02. The van der Waals surface area contributed by atoms with Gasteiger partial charge in [0.2, 0.25) is 0 Å². The predicted octanol–water partition coefficient (Wildman–Crippen LogP) is 26.3. The normalized spacial score (nSPS) is 14.6. The van der Waals surface area contributed by atoms with Crippen molar-refractivity contribution >= 4 is 146 Å². The third-order valence-electron chi connectivity index (χ3n) is 24.0. The summed E-state index contributed by atoms with van der Waals surface area (Å²) >= 11 is 13.8. The van der Waals surface area contributed by atoms with Gasteiger partial charge in [0.05, 0.1) is 39.1 Å². The van der Waals surface area contributed by atoms with Gasteiger partial charge in [0, 0.05) is 93.2 Å². The van der Waals surface area contributed by atoms with Crippen LogP contribution in [0.15, 0.2) is 245 Å². The molecule has 4 aromatic heterocycles. The van der Waals surface area contributed by atoms with E-state index in [4.69, 9.17) is 32.0 Å². The molecule has 2 aliphatic heterocycles. The van der Waals surface area contributed by atoms with Crippen LogP contribution in [0, 0.1) is 0 Å². The van der Waals surface area contributed by atoms with Gasteiger partial charge < -0.3 is 27.8 Å². The third kappa shape index (κ3) is 9.98. The zero-order chi connectivity index (χ0) is 74.2. The fourth-order valence-corrected chi connectivity index (χ4v) is 19.0. The van der Waals surface area contributed by atoms with Crippen molar-refractivity contribution in [1.29, 1.82) is 0 Å². The van der Waals surface area contributed by atoms with Crippen LogP contribution in [0.4, 0.5) is 34.1 Å². The molecule has 12 aromatic carbocycles. The second kappa shape index (κ2) is 23.0. The Bertz CT molecular complexity index is 6500. The molecule has 0 atom stereocenters. The molecular weight excluding hydrogens is 1350 g/mol. The Balaban J connectivity index is 0.000000146. The monoisotopic (exact) mass is 1430 g/mol. The molecule has 6 nitrogen and oxygen atoms in total. The van der Waals surface area contributed by atoms with Crippen LogP contribution < -0.4 is 26.2 Å². The predicted molar refractivity (Wildman–Crippen MR) is 455 cm³/mol. The number of hydrogen-bond donors (Lipinski definition) is 0. The number of rotatable bonds is 5. The highest BCUT2D eigenvalue weighted by Gasteiger charge is 2.49. The minimum atomic E-state index is -0.165. The SMILES string of the molecule is CC(C)(C)c1cc(N(c2cccc(Cl)c2)c2cccc3oc4ccccc4c23)cc(-n2c3c(c4cc(C(C)(C)C)ccc42)C(C)(C)c2ccccc2-3)c1.CC(C)(C)c1cc2c3c(c1)-n1c4c(c5cc(C(C)(C)C)cc(c51)B3c1ccc(Cl)cc1N2c1cccc2oc3ccccc3c12)C(C)(C)c1ccccc1-4. The lowest BCUT2D eigenvalue weighted by Crippen LogP contribution is -2.60. The summed E-state index contributed by atoms with van der Waals surface area (Å²) in [5, 5.41) is 8.48. The van der Waals surface area contributed by atoms with Gasteiger partial charge in [-0.05, 0) is 198 Å². The lowest BCUT2D eigenvalue weighted by molar-refractivity contribution is 0.589. The lowest BCUT2D eigenvalue weighted by Gasteiger charge is -2.42. The van der Waals surface area contributed by atoms with E-state index in [1.807, 2.05) is 30.3 Å². The molecule has 528 valence electrons. The molecule has 9 heteroatoms. The Morgan fingerprint density at radius 3 is 1.56 bits per heavy atom. The Hall–Kier alpha value is -10.4. The number of para-hydroxylation sites is 2. The summed E-state index contributed by atoms with van der Waals surface area (Å²) < 4.78 is 18.1. The molecular formula is C98H87BCl2N4O2. The van der Waals surface area contributed by atoms with E-state index in [0.29, 0.717) is 5.02 Å². The highest BCUT2D eigenvalue weighted by atomic mass is 35.5. The van der Waals surface area contributed by atoms with Gasteiger partial charge in [-0.25, -0.2) is 0 Å². The molecule has 0 N–H and O–H groups in total. The Labute approximate surface area is 637 Å². The molecule has 0 unspecified atom stereocenters. The van der Waals surface area contributed by atoms with E-state index in [1.165, 1.54) is 117 Å². The Morgan fingerprint density at radius 2 is 0.907 bits per heavy atom. The second-order valence-corrected chi connectivity index (χ2v) is 36.5. The molecule has 0 spiro atoms. The molecule has 0 saturated heterocycles. The number of aromatic nitrogens is 2. The Morgan fingerprint density at radius 1 is 0.374 bits per heavy atom. The molecule has 2 aliphatic carbocycles. The first-order valence-electron chi connectivity index (χ1n) is 37.9. The summed E-state index contributed by atoms with van der Waals surface area (Å²) in [4.78, 5) is 4.85. The van der Waals surface area contributed by atoms with E-state index in [-0.39, 0.29) is 39.2 Å². The van der Waals surface area contributed by atoms with Crippen LogP contribution in [0.5, 0.6) is 0 Å². The number of nitrogens with zero attached hydrogens (tertiary/aromatic N) is 4. The van der Waals surface area contributed by atoms with Gasteiger partial charge in [0.25, 0.3) is 6.71 Å². The average Bonchev–Trinajstić information content (AvgIpc) is 1.54. The molecule has 0 fully saturated rings. The van der Waals surface area contributed by atoms with Crippen LogP contribution in [0.2, 0.25) is 10.0 Å². The maximum Gasteiger partial charge on any atom is 0.252 e. The topological polar surface area (TPSA) is 42.6 Å². The van der Waals surface area contributed by atoms with Gasteiger partial charge in [-0.3, -0.25) is 0 Å². The number of halogens is 2. The fourth-order valence-electron chi connectivity index (χ4n) is 18.6. The maximum atomic E-state index is 7.02. The van der Waals surface area contributed by atoms with E-state index < -0.39 is 0 Å². The zero-order valence-corrected chi connectivity index (χ0v) is 65.5. The highest BCUT2D eigenvalue weighted by molar-refractivity contribution is 7.00. The number of anilines is 6. The summed E-state index contributed by atoms with van der Waals surface area (Å²) in [6, 6.07) is 86.6. The molecule has 16 aromatic rings. The summed E-state index contributed by atoms with van der Waals surface area (Å²) in [5.74, 6) is 0. The van der Waals surface area contributed by atoms with E-state index in [0.717, 1.165) is 83.0 Å². The molecule has 107 heavy (non-hydrogen) atoms. The van der Waals surface area contributed by atoms with Crippen LogP contribution in [0.3, 0.4) is 0 Å². The number of hydrogen-bond acceptors (Lipinski definition) is 4. The van der Waals surface area contributed by atoms with E-state index in [1.54, 1.807) is 0 Å². The van der Waals surface area contributed by atoms with Gasteiger partial charge in [0.1, 0.15) is 22.3 Å². The molecule has 0 radical (unpaired) electrons. The summed E-state index contributed by atoms with van der Waals surface area (Å²) in [7, 11) is 0. The van der Waals surface area contributed by atoms with Crippen molar-refractivity contribution in [1.82, 2.24) is 9.13 Å². The van der Waals surface area contributed by atoms with Crippen LogP contribution >= 0.6 is 23.2 Å². The van der Waals surface area contributed by atoms with E-state index in [2.05, 4.69) is 336 Å². The first-order valence-corrected chi connectivity index (χ1v) is 38.6. The second-order valence-electron chi connectivity index (χ2n) is 35.6. The molecule has 6 heterocycles. The molecule has 20 rings (SSSR count). The quantitative estimate of drug-likeness (QED) is 0.161. The van der Waals surface area contributed by atoms with Crippen molar-refractivity contribution in [3.8, 4) is 33.9 Å². The van der Waals surface area contributed by atoms with Crippen molar-refractivity contribution in [2.75, 3.05) is 9.80 Å². The summed E-state index contributed by atoms with van der Waals surface area (Å²) in [6.07, 6.45) is 0. The van der Waals surface area contributed by atoms with Gasteiger partial charge in [-0.2, -0.15) is 0 Å². The Kier molecular flexibility index (Phi) is 14.5. The zero-order valence-electron chi connectivity index (χ0n) is 64.0. The standard InChI is InChI=1S/C49H42BClN2O.C49H45ClN2O/c1-47(2,3)27-22-32-43-46(30-14-9-11-16-33(30)49(43,7)8)53-39-25-28(48(4,5)6)24-38-44(39)50(35(23-27)45(32)53)34-21-20-29(51)26-37(34)52(38)36-17-13-19-41-42(36)31-15-10-12-18-40(31)54-41;1-47(2,3)30-23-24-40-38(27-30)45-46(36-17-9-11-19-39(36)49(45,7)8)52(40)35-26-31(48(4,5)6)25-34(29-35)51(33-16-13-15-32(50)28-33)41-20-14-22-43-44(41)37-18-10-12-21-42(37)53-43/h9-26H,1-8H3;9-29H,1-8H3. The van der Waals surface area contributed by atoms with Gasteiger partial charge in [-0.15, -0.1) is 0 Å². The van der Waals surface area contributed by atoms with Crippen LogP contribution in [-0.2, 0) is 32.5 Å². The van der Waals surface area contributed by atoms with Crippen molar-refractivity contribution in [2.45, 2.75) is 143 Å². The fraction of sp³-hybridized carbons (Fsp3) is 0.224. The number of benzene rings is 12. The minimum Gasteiger partial charge on any atom is -0.456 e. The largest absolute Gasteiger partial charge is 0.456 e. The number of fused-ring (bicyclic) bond motifs is 20. The van der Waals surface area contributed by atoms with E-state index in [9.17, 15) is 0 Å². The smallest absolute Gasteiger partial charge is 0.252 e. The van der Waals surface area contributed by atoms with Crippen molar-refractivity contribution in [3.05, 3.63) is 291 Å². The van der Waals surface area contributed by atoms with Crippen molar-refractivity contribution in [3.63, 3.8) is 0 Å². The van der Waals surface area contributed by atoms with Gasteiger partial charge in [-0.1, -0.05) is 255 Å². The van der Waals surface area contributed by atoms with Gasteiger partial charge in [0.15, 0.2) is 0 Å². The van der Waals surface area contributed by atoms with Crippen LogP contribution in [0.25, 0.3) is 99.6 Å². The lowest BCUT2D eigenvalue weighted by atomic mass is 9.33. The van der Waals surface area contributed by atoms with Crippen molar-refractivity contribution in [2.24, 2.45) is 0 Å². The summed E-state index contributed by atoms with van der Waals surface area (Å²) in [6.45, 7) is 37.5.